The van der Waals surface area contributed by atoms with E-state index < -0.39 is 32.4 Å². The van der Waals surface area contributed by atoms with E-state index >= 15 is 4.39 Å². The Morgan fingerprint density at radius 1 is 1.07 bits per heavy atom. The van der Waals surface area contributed by atoms with Crippen molar-refractivity contribution in [1.29, 1.82) is 0 Å². The van der Waals surface area contributed by atoms with Crippen molar-refractivity contribution >= 4 is 36.3 Å². The molecule has 0 radical (unpaired) electrons. The summed E-state index contributed by atoms with van der Waals surface area (Å²) in [6.07, 6.45) is 3.73. The zero-order valence-electron chi connectivity index (χ0n) is 25.6. The molecule has 7 nitrogen and oxygen atoms in total. The van der Waals surface area contributed by atoms with Gasteiger partial charge in [-0.1, -0.05) is 25.7 Å². The highest BCUT2D eigenvalue weighted by Crippen LogP contribution is 2.47. The molecule has 1 atom stereocenters. The van der Waals surface area contributed by atoms with Crippen molar-refractivity contribution in [2.24, 2.45) is 0 Å². The van der Waals surface area contributed by atoms with Crippen LogP contribution in [0, 0.1) is 12.7 Å². The maximum atomic E-state index is 16.1. The number of halogens is 3. The molecule has 4 aromatic rings. The van der Waals surface area contributed by atoms with E-state index in [9.17, 15) is 13.6 Å². The zero-order valence-corrected chi connectivity index (χ0v) is 26.6. The standard InChI is InChI=1S/C33H38F3N5O2Si/c1-21-29-30(37-41(21)23-5-6-23)32(42)40(31(29)26-9-7-24(18-27(26)34)38-14-12-33(35,36)19-38)25-8-10-28-22(17-25)11-13-39(28)20-43-15-16-44(2,3)4/h7-11,13,17-18,23,31H,5-6,12,14-16,19-20H2,1-4H3. The number of nitrogens with zero attached hydrogens (tertiary/aromatic N) is 5. The topological polar surface area (TPSA) is 55.5 Å². The maximum Gasteiger partial charge on any atom is 0.280 e. The van der Waals surface area contributed by atoms with Crippen LogP contribution in [-0.4, -0.2) is 53.9 Å². The third kappa shape index (κ3) is 5.23. The molecule has 2 aromatic heterocycles. The average molecular weight is 622 g/mol. The van der Waals surface area contributed by atoms with Crippen LogP contribution in [-0.2, 0) is 11.5 Å². The molecule has 1 aliphatic carbocycles. The Bertz CT molecular complexity index is 1760. The summed E-state index contributed by atoms with van der Waals surface area (Å²) in [7, 11) is -1.19. The Morgan fingerprint density at radius 2 is 1.84 bits per heavy atom. The van der Waals surface area contributed by atoms with Crippen molar-refractivity contribution in [3.05, 3.63) is 77.0 Å². The first-order valence-corrected chi connectivity index (χ1v) is 19.1. The molecule has 3 aliphatic rings. The van der Waals surface area contributed by atoms with E-state index in [1.54, 1.807) is 17.0 Å². The van der Waals surface area contributed by atoms with Gasteiger partial charge in [0.15, 0.2) is 5.69 Å². The van der Waals surface area contributed by atoms with Gasteiger partial charge in [0.2, 0.25) is 0 Å². The summed E-state index contributed by atoms with van der Waals surface area (Å²) in [5, 5.41) is 5.67. The van der Waals surface area contributed by atoms with Gasteiger partial charge in [0.1, 0.15) is 12.5 Å². The Balaban J connectivity index is 1.23. The minimum absolute atomic E-state index is 0.167. The van der Waals surface area contributed by atoms with Crippen molar-refractivity contribution in [3.8, 4) is 0 Å². The Labute approximate surface area is 256 Å². The van der Waals surface area contributed by atoms with Crippen LogP contribution in [0.3, 0.4) is 0 Å². The Hall–Kier alpha value is -3.57. The van der Waals surface area contributed by atoms with Crippen LogP contribution in [0.4, 0.5) is 24.5 Å². The highest BCUT2D eigenvalue weighted by atomic mass is 28.3. The SMILES string of the molecule is Cc1c2c(nn1C1CC1)C(=O)N(c1ccc3c(ccn3COCC[Si](C)(C)C)c1)C2c1ccc(N2CCC(F)(F)C2)cc1F. The van der Waals surface area contributed by atoms with Crippen LogP contribution in [0.1, 0.15) is 58.7 Å². The molecule has 11 heteroatoms. The van der Waals surface area contributed by atoms with E-state index in [4.69, 9.17) is 9.84 Å². The molecule has 44 heavy (non-hydrogen) atoms. The molecule has 0 bridgehead atoms. The van der Waals surface area contributed by atoms with Crippen molar-refractivity contribution in [1.82, 2.24) is 14.3 Å². The van der Waals surface area contributed by atoms with E-state index in [2.05, 4.69) is 19.6 Å². The molecule has 1 saturated carbocycles. The van der Waals surface area contributed by atoms with Gasteiger partial charge < -0.3 is 14.2 Å². The summed E-state index contributed by atoms with van der Waals surface area (Å²) >= 11 is 0. The second-order valence-electron chi connectivity index (χ2n) is 13.7. The van der Waals surface area contributed by atoms with Gasteiger partial charge in [-0.15, -0.1) is 0 Å². The fourth-order valence-corrected chi connectivity index (χ4v) is 7.25. The van der Waals surface area contributed by atoms with Crippen LogP contribution >= 0.6 is 0 Å². The smallest absolute Gasteiger partial charge is 0.280 e. The summed E-state index contributed by atoms with van der Waals surface area (Å²) in [4.78, 5) is 17.2. The number of hydrogen-bond acceptors (Lipinski definition) is 4. The first-order chi connectivity index (χ1) is 20.9. The van der Waals surface area contributed by atoms with Crippen molar-refractivity contribution in [2.75, 3.05) is 29.5 Å². The lowest BCUT2D eigenvalue weighted by Crippen LogP contribution is -2.30. The van der Waals surface area contributed by atoms with Crippen LogP contribution in [0.2, 0.25) is 25.7 Å². The van der Waals surface area contributed by atoms with Gasteiger partial charge >= 0.3 is 0 Å². The van der Waals surface area contributed by atoms with E-state index in [-0.39, 0.29) is 24.9 Å². The van der Waals surface area contributed by atoms with Gasteiger partial charge in [-0.3, -0.25) is 14.4 Å². The van der Waals surface area contributed by atoms with Crippen LogP contribution in [0.15, 0.2) is 48.7 Å². The predicted molar refractivity (Wildman–Crippen MR) is 168 cm³/mol. The van der Waals surface area contributed by atoms with Gasteiger partial charge in [0.25, 0.3) is 11.8 Å². The zero-order chi connectivity index (χ0) is 31.0. The monoisotopic (exact) mass is 621 g/mol. The number of hydrogen-bond donors (Lipinski definition) is 0. The van der Waals surface area contributed by atoms with Crippen molar-refractivity contribution in [3.63, 3.8) is 0 Å². The van der Waals surface area contributed by atoms with Crippen LogP contribution in [0.5, 0.6) is 0 Å². The molecule has 0 spiro atoms. The molecule has 4 heterocycles. The first kappa shape index (κ1) is 29.2. The molecule has 1 unspecified atom stereocenters. The average Bonchev–Trinajstić information content (AvgIpc) is 3.35. The van der Waals surface area contributed by atoms with Crippen LogP contribution in [0.25, 0.3) is 10.9 Å². The van der Waals surface area contributed by atoms with Gasteiger partial charge in [0.05, 0.1) is 24.1 Å². The summed E-state index contributed by atoms with van der Waals surface area (Å²) in [6.45, 7) is 9.82. The normalized spacial score (nSPS) is 19.9. The summed E-state index contributed by atoms with van der Waals surface area (Å²) in [5.74, 6) is -3.59. The second kappa shape index (κ2) is 10.5. The minimum atomic E-state index is -2.79. The lowest BCUT2D eigenvalue weighted by Gasteiger charge is -2.28. The number of anilines is 2. The number of aromatic nitrogens is 3. The molecule has 1 amide bonds. The molecule has 232 valence electrons. The van der Waals surface area contributed by atoms with Crippen molar-refractivity contribution < 1.29 is 22.7 Å². The van der Waals surface area contributed by atoms with Crippen molar-refractivity contribution in [2.45, 2.75) is 76.6 Å². The van der Waals surface area contributed by atoms with Gasteiger partial charge in [-0.25, -0.2) is 13.2 Å². The first-order valence-electron chi connectivity index (χ1n) is 15.4. The van der Waals surface area contributed by atoms with E-state index in [1.165, 1.54) is 11.0 Å². The number of fused-ring (bicyclic) bond motifs is 2. The molecule has 0 N–H and O–H groups in total. The third-order valence-electron chi connectivity index (χ3n) is 9.12. The highest BCUT2D eigenvalue weighted by molar-refractivity contribution is 6.76. The van der Waals surface area contributed by atoms with Gasteiger partial charge in [0, 0.05) is 67.4 Å². The Morgan fingerprint density at radius 3 is 2.52 bits per heavy atom. The largest absolute Gasteiger partial charge is 0.365 e. The summed E-state index contributed by atoms with van der Waals surface area (Å²) in [6, 6.07) is 13.1. The fourth-order valence-electron chi connectivity index (χ4n) is 6.49. The summed E-state index contributed by atoms with van der Waals surface area (Å²) < 4.78 is 53.8. The number of benzene rings is 2. The molecule has 7 rings (SSSR count). The number of alkyl halides is 2. The minimum Gasteiger partial charge on any atom is -0.365 e. The van der Waals surface area contributed by atoms with Crippen LogP contribution < -0.4 is 9.80 Å². The lowest BCUT2D eigenvalue weighted by molar-refractivity contribution is 0.0257. The number of amides is 1. The predicted octanol–water partition coefficient (Wildman–Crippen LogP) is 7.53. The lowest BCUT2D eigenvalue weighted by atomic mass is 9.97. The summed E-state index contributed by atoms with van der Waals surface area (Å²) in [5.41, 5.74) is 4.26. The fraction of sp³-hybridized carbons (Fsp3) is 0.455. The molecule has 2 aromatic carbocycles. The van der Waals surface area contributed by atoms with Gasteiger partial charge in [-0.2, -0.15) is 5.10 Å². The number of carbonyl (C=O) groups is 1. The molecular weight excluding hydrogens is 583 g/mol. The molecular formula is C33H38F3N5O2Si. The molecule has 1 saturated heterocycles. The van der Waals surface area contributed by atoms with E-state index in [0.717, 1.165) is 42.1 Å². The third-order valence-corrected chi connectivity index (χ3v) is 10.8. The number of ether oxygens (including phenoxy) is 1. The highest BCUT2D eigenvalue weighted by Gasteiger charge is 2.46. The Kier molecular flexibility index (Phi) is 6.96. The molecule has 2 aliphatic heterocycles. The molecule has 2 fully saturated rings. The second-order valence-corrected chi connectivity index (χ2v) is 19.3. The van der Waals surface area contributed by atoms with Gasteiger partial charge in [-0.05, 0) is 62.2 Å². The quantitative estimate of drug-likeness (QED) is 0.143. The van der Waals surface area contributed by atoms with E-state index in [1.807, 2.05) is 46.6 Å². The van der Waals surface area contributed by atoms with E-state index in [0.29, 0.717) is 34.9 Å². The maximum absolute atomic E-state index is 16.1. The number of rotatable bonds is 9. The number of carbonyl (C=O) groups excluding carboxylic acids is 1.